The van der Waals surface area contributed by atoms with Gasteiger partial charge < -0.3 is 5.11 Å². The number of hydrogen-bond donors (Lipinski definition) is 2. The molecule has 1 aliphatic rings. The Balaban J connectivity index is 1.88. The summed E-state index contributed by atoms with van der Waals surface area (Å²) in [6, 6.07) is 12.9. The molecule has 0 radical (unpaired) electrons. The van der Waals surface area contributed by atoms with Crippen LogP contribution in [0.4, 0.5) is 5.69 Å². The van der Waals surface area contributed by atoms with Gasteiger partial charge in [0.25, 0.3) is 0 Å². The number of carboxylic acid groups (broad SMARTS) is 1. The molecule has 0 aromatic heterocycles. The van der Waals surface area contributed by atoms with Crippen molar-refractivity contribution in [1.82, 2.24) is 0 Å². The molecule has 2 aromatic carbocycles. The van der Waals surface area contributed by atoms with Gasteiger partial charge in [0.05, 0.1) is 17.0 Å². The van der Waals surface area contributed by atoms with E-state index in [0.717, 1.165) is 28.6 Å². The fourth-order valence-corrected chi connectivity index (χ4v) is 2.86. The highest BCUT2D eigenvalue weighted by Gasteiger charge is 2.18. The van der Waals surface area contributed by atoms with Gasteiger partial charge in [0.1, 0.15) is 0 Å². The molecular formula is C16H13BrN2O2. The topological polar surface area (TPSA) is 61.7 Å². The van der Waals surface area contributed by atoms with Crippen LogP contribution in [0, 0.1) is 0 Å². The van der Waals surface area contributed by atoms with Gasteiger partial charge in [0.15, 0.2) is 0 Å². The highest BCUT2D eigenvalue weighted by molar-refractivity contribution is 9.10. The highest BCUT2D eigenvalue weighted by atomic mass is 79.9. The lowest BCUT2D eigenvalue weighted by Gasteiger charge is -2.06. The van der Waals surface area contributed by atoms with Crippen LogP contribution in [0.1, 0.15) is 27.9 Å². The van der Waals surface area contributed by atoms with Crippen molar-refractivity contribution in [2.75, 3.05) is 5.43 Å². The number of carbonyl (C=O) groups is 1. The third-order valence-electron chi connectivity index (χ3n) is 3.48. The van der Waals surface area contributed by atoms with Crippen molar-refractivity contribution in [1.29, 1.82) is 0 Å². The minimum absolute atomic E-state index is 0.218. The third-order valence-corrected chi connectivity index (χ3v) is 3.97. The minimum Gasteiger partial charge on any atom is -0.478 e. The molecule has 0 unspecified atom stereocenters. The maximum atomic E-state index is 11.2. The fraction of sp³-hybridized carbons (Fsp3) is 0.125. The molecule has 3 rings (SSSR count). The highest BCUT2D eigenvalue weighted by Crippen LogP contribution is 2.26. The Kier molecular flexibility index (Phi) is 3.75. The molecule has 5 heteroatoms. The number of halogens is 1. The second-order valence-corrected chi connectivity index (χ2v) is 5.74. The predicted molar refractivity (Wildman–Crippen MR) is 86.0 cm³/mol. The lowest BCUT2D eigenvalue weighted by atomic mass is 10.1. The Morgan fingerprint density at radius 2 is 2.00 bits per heavy atom. The van der Waals surface area contributed by atoms with Crippen molar-refractivity contribution >= 4 is 33.3 Å². The van der Waals surface area contributed by atoms with Gasteiger partial charge in [0, 0.05) is 10.0 Å². The maximum absolute atomic E-state index is 11.2. The molecule has 0 bridgehead atoms. The number of carboxylic acids is 1. The van der Waals surface area contributed by atoms with E-state index in [1.807, 2.05) is 12.1 Å². The van der Waals surface area contributed by atoms with Crippen LogP contribution in [-0.2, 0) is 6.42 Å². The molecule has 1 aliphatic carbocycles. The molecule has 0 spiro atoms. The number of aryl methyl sites for hydroxylation is 1. The van der Waals surface area contributed by atoms with E-state index < -0.39 is 5.97 Å². The van der Waals surface area contributed by atoms with Gasteiger partial charge in [-0.25, -0.2) is 4.79 Å². The fourth-order valence-electron chi connectivity index (χ4n) is 2.45. The first-order valence-electron chi connectivity index (χ1n) is 6.59. The normalized spacial score (nSPS) is 15.0. The average Bonchev–Trinajstić information content (AvgIpc) is 2.87. The van der Waals surface area contributed by atoms with Crippen molar-refractivity contribution in [3.63, 3.8) is 0 Å². The summed E-state index contributed by atoms with van der Waals surface area (Å²) in [6.45, 7) is 0. The van der Waals surface area contributed by atoms with E-state index in [2.05, 4.69) is 32.5 Å². The second kappa shape index (κ2) is 5.69. The lowest BCUT2D eigenvalue weighted by Crippen LogP contribution is -2.04. The van der Waals surface area contributed by atoms with Crippen LogP contribution < -0.4 is 5.43 Å². The Morgan fingerprint density at radius 3 is 2.81 bits per heavy atom. The number of rotatable bonds is 3. The van der Waals surface area contributed by atoms with Crippen molar-refractivity contribution in [3.8, 4) is 0 Å². The molecule has 21 heavy (non-hydrogen) atoms. The SMILES string of the molecule is O=C(O)c1ccccc1N/N=C1/CCc2cc(Br)ccc21. The van der Waals surface area contributed by atoms with Gasteiger partial charge in [-0.05, 0) is 42.7 Å². The number of nitrogens with one attached hydrogen (secondary N) is 1. The summed E-state index contributed by atoms with van der Waals surface area (Å²) in [5, 5.41) is 13.5. The van der Waals surface area contributed by atoms with E-state index in [4.69, 9.17) is 5.11 Å². The van der Waals surface area contributed by atoms with Gasteiger partial charge in [-0.3, -0.25) is 5.43 Å². The third kappa shape index (κ3) is 2.83. The summed E-state index contributed by atoms with van der Waals surface area (Å²) >= 11 is 3.47. The zero-order valence-corrected chi connectivity index (χ0v) is 12.7. The largest absolute Gasteiger partial charge is 0.478 e. The Morgan fingerprint density at radius 1 is 1.19 bits per heavy atom. The quantitative estimate of drug-likeness (QED) is 0.829. The molecule has 4 nitrogen and oxygen atoms in total. The van der Waals surface area contributed by atoms with Gasteiger partial charge in [-0.2, -0.15) is 5.10 Å². The number of hydrogen-bond acceptors (Lipinski definition) is 3. The predicted octanol–water partition coefficient (Wildman–Crippen LogP) is 3.91. The van der Waals surface area contributed by atoms with Gasteiger partial charge in [0.2, 0.25) is 0 Å². The second-order valence-electron chi connectivity index (χ2n) is 4.82. The molecule has 2 aromatic rings. The molecule has 0 heterocycles. The molecule has 2 N–H and O–H groups in total. The van der Waals surface area contributed by atoms with Crippen molar-refractivity contribution in [3.05, 3.63) is 63.6 Å². The van der Waals surface area contributed by atoms with Crippen LogP contribution in [0.15, 0.2) is 52.0 Å². The molecule has 106 valence electrons. The monoisotopic (exact) mass is 344 g/mol. The summed E-state index contributed by atoms with van der Waals surface area (Å²) in [7, 11) is 0. The number of benzene rings is 2. The molecule has 0 saturated carbocycles. The number of fused-ring (bicyclic) bond motifs is 1. The summed E-state index contributed by atoms with van der Waals surface area (Å²) in [5.74, 6) is -0.964. The molecule has 0 amide bonds. The number of aromatic carboxylic acids is 1. The summed E-state index contributed by atoms with van der Waals surface area (Å²) in [5.41, 5.74) is 6.95. The standard InChI is InChI=1S/C16H13BrN2O2/c17-11-6-7-12-10(9-11)5-8-15(12)19-18-14-4-2-1-3-13(14)16(20)21/h1-4,6-7,9,18H,5,8H2,(H,20,21)/b19-15-. The van der Waals surface area contributed by atoms with Gasteiger partial charge in [-0.1, -0.05) is 34.1 Å². The van der Waals surface area contributed by atoms with E-state index in [0.29, 0.717) is 5.69 Å². The van der Waals surface area contributed by atoms with Crippen LogP contribution in [0.5, 0.6) is 0 Å². The van der Waals surface area contributed by atoms with Crippen molar-refractivity contribution < 1.29 is 9.90 Å². The zero-order valence-electron chi connectivity index (χ0n) is 11.1. The Labute approximate surface area is 130 Å². The maximum Gasteiger partial charge on any atom is 0.337 e. The molecule has 0 fully saturated rings. The number of hydrazone groups is 1. The van der Waals surface area contributed by atoms with Crippen LogP contribution in [0.2, 0.25) is 0 Å². The Bertz CT molecular complexity index is 741. The van der Waals surface area contributed by atoms with E-state index in [-0.39, 0.29) is 5.56 Å². The number of anilines is 1. The molecule has 0 saturated heterocycles. The molecule has 0 aliphatic heterocycles. The average molecular weight is 345 g/mol. The zero-order chi connectivity index (χ0) is 14.8. The molecule has 0 atom stereocenters. The lowest BCUT2D eigenvalue weighted by molar-refractivity contribution is 0.0698. The first-order chi connectivity index (χ1) is 10.1. The summed E-state index contributed by atoms with van der Waals surface area (Å²) in [4.78, 5) is 11.2. The Hall–Kier alpha value is -2.14. The van der Waals surface area contributed by atoms with Gasteiger partial charge in [-0.15, -0.1) is 0 Å². The number of nitrogens with zero attached hydrogens (tertiary/aromatic N) is 1. The van der Waals surface area contributed by atoms with E-state index in [1.54, 1.807) is 24.3 Å². The van der Waals surface area contributed by atoms with Gasteiger partial charge >= 0.3 is 5.97 Å². The van der Waals surface area contributed by atoms with Crippen molar-refractivity contribution in [2.24, 2.45) is 5.10 Å². The minimum atomic E-state index is -0.964. The van der Waals surface area contributed by atoms with Crippen LogP contribution in [0.3, 0.4) is 0 Å². The first kappa shape index (κ1) is 13.8. The smallest absolute Gasteiger partial charge is 0.337 e. The van der Waals surface area contributed by atoms with Crippen LogP contribution >= 0.6 is 15.9 Å². The summed E-state index contributed by atoms with van der Waals surface area (Å²) in [6.07, 6.45) is 1.81. The van der Waals surface area contributed by atoms with E-state index in [9.17, 15) is 4.79 Å². The van der Waals surface area contributed by atoms with Crippen molar-refractivity contribution in [2.45, 2.75) is 12.8 Å². The van der Waals surface area contributed by atoms with Crippen LogP contribution in [-0.4, -0.2) is 16.8 Å². The summed E-state index contributed by atoms with van der Waals surface area (Å²) < 4.78 is 1.06. The van der Waals surface area contributed by atoms with E-state index >= 15 is 0 Å². The molecular weight excluding hydrogens is 332 g/mol. The number of para-hydroxylation sites is 1. The first-order valence-corrected chi connectivity index (χ1v) is 7.38. The van der Waals surface area contributed by atoms with Crippen LogP contribution in [0.25, 0.3) is 0 Å². The van der Waals surface area contributed by atoms with E-state index in [1.165, 1.54) is 5.56 Å².